The maximum Gasteiger partial charge on any atom is 0.307 e. The second-order valence-corrected chi connectivity index (χ2v) is 4.69. The van der Waals surface area contributed by atoms with Gasteiger partial charge in [-0.2, -0.15) is 0 Å². The van der Waals surface area contributed by atoms with Gasteiger partial charge in [0, 0.05) is 12.1 Å². The Balaban J connectivity index is 2.50. The molecule has 1 N–H and O–H groups in total. The second kappa shape index (κ2) is 5.50. The van der Waals surface area contributed by atoms with Gasteiger partial charge in [-0.3, -0.25) is 9.69 Å². The Labute approximate surface area is 92.5 Å². The molecule has 1 fully saturated rings. The van der Waals surface area contributed by atoms with Gasteiger partial charge in [-0.05, 0) is 32.7 Å². The molecule has 3 heteroatoms. The fourth-order valence-corrected chi connectivity index (χ4v) is 1.96. The Morgan fingerprint density at radius 3 is 2.47 bits per heavy atom. The molecule has 0 amide bonds. The summed E-state index contributed by atoms with van der Waals surface area (Å²) < 4.78 is 0. The molecule has 3 nitrogen and oxygen atoms in total. The summed E-state index contributed by atoms with van der Waals surface area (Å²) in [6, 6.07) is 0.829. The van der Waals surface area contributed by atoms with Gasteiger partial charge in [-0.25, -0.2) is 0 Å². The van der Waals surface area contributed by atoms with Crippen molar-refractivity contribution >= 4 is 5.97 Å². The van der Waals surface area contributed by atoms with Gasteiger partial charge < -0.3 is 5.11 Å². The number of hydrogen-bond donors (Lipinski definition) is 1. The fourth-order valence-electron chi connectivity index (χ4n) is 1.96. The second-order valence-electron chi connectivity index (χ2n) is 4.69. The van der Waals surface area contributed by atoms with E-state index in [1.165, 1.54) is 25.7 Å². The van der Waals surface area contributed by atoms with Gasteiger partial charge in [0.1, 0.15) is 0 Å². The van der Waals surface area contributed by atoms with Crippen molar-refractivity contribution < 1.29 is 9.90 Å². The zero-order chi connectivity index (χ0) is 11.4. The van der Waals surface area contributed by atoms with Crippen LogP contribution in [0.1, 0.15) is 46.5 Å². The maximum absolute atomic E-state index is 10.9. The van der Waals surface area contributed by atoms with E-state index < -0.39 is 5.97 Å². The van der Waals surface area contributed by atoms with E-state index in [-0.39, 0.29) is 12.0 Å². The third-order valence-electron chi connectivity index (χ3n) is 3.42. The van der Waals surface area contributed by atoms with Crippen LogP contribution in [-0.4, -0.2) is 34.6 Å². The Morgan fingerprint density at radius 1 is 1.47 bits per heavy atom. The summed E-state index contributed by atoms with van der Waals surface area (Å²) in [5.41, 5.74) is 0. The number of unbranched alkanes of at least 4 members (excludes halogenated alkanes) is 1. The summed E-state index contributed by atoms with van der Waals surface area (Å²) in [5.74, 6) is -0.938. The van der Waals surface area contributed by atoms with Crippen LogP contribution in [0.2, 0.25) is 0 Å². The van der Waals surface area contributed by atoms with Crippen LogP contribution >= 0.6 is 0 Å². The van der Waals surface area contributed by atoms with E-state index in [9.17, 15) is 4.79 Å². The molecule has 0 aromatic heterocycles. The molecule has 1 saturated carbocycles. The molecule has 0 aromatic rings. The highest BCUT2D eigenvalue weighted by atomic mass is 16.4. The number of aliphatic carboxylic acids is 1. The van der Waals surface area contributed by atoms with Crippen molar-refractivity contribution in [2.75, 3.05) is 6.54 Å². The topological polar surface area (TPSA) is 40.5 Å². The number of carboxylic acid groups (broad SMARTS) is 1. The first-order valence-electron chi connectivity index (χ1n) is 6.06. The van der Waals surface area contributed by atoms with Crippen molar-refractivity contribution in [3.63, 3.8) is 0 Å². The van der Waals surface area contributed by atoms with Gasteiger partial charge in [-0.1, -0.05) is 20.3 Å². The molecule has 88 valence electrons. The smallest absolute Gasteiger partial charge is 0.307 e. The summed E-state index contributed by atoms with van der Waals surface area (Å²) in [6.07, 6.45) is 4.85. The Hall–Kier alpha value is -0.570. The molecule has 0 aliphatic heterocycles. The third-order valence-corrected chi connectivity index (χ3v) is 3.42. The maximum atomic E-state index is 10.9. The van der Waals surface area contributed by atoms with Crippen molar-refractivity contribution in [3.8, 4) is 0 Å². The van der Waals surface area contributed by atoms with Gasteiger partial charge in [0.05, 0.1) is 5.92 Å². The van der Waals surface area contributed by atoms with E-state index in [1.54, 1.807) is 0 Å². The molecule has 0 bridgehead atoms. The molecule has 0 aromatic carbocycles. The molecule has 0 radical (unpaired) electrons. The van der Waals surface area contributed by atoms with Gasteiger partial charge >= 0.3 is 5.97 Å². The molecule has 1 aliphatic carbocycles. The molecule has 2 unspecified atom stereocenters. The zero-order valence-electron chi connectivity index (χ0n) is 10.1. The number of nitrogens with zero attached hydrogens (tertiary/aromatic N) is 1. The van der Waals surface area contributed by atoms with Crippen LogP contribution in [0, 0.1) is 5.92 Å². The largest absolute Gasteiger partial charge is 0.481 e. The van der Waals surface area contributed by atoms with Crippen LogP contribution in [-0.2, 0) is 4.79 Å². The van der Waals surface area contributed by atoms with Crippen LogP contribution in [0.5, 0.6) is 0 Å². The van der Waals surface area contributed by atoms with Gasteiger partial charge in [0.2, 0.25) is 0 Å². The minimum absolute atomic E-state index is 0.168. The number of carboxylic acids is 1. The SMILES string of the molecule is CCCCN(C1CC1)C(C)C(C)C(=O)O. The lowest BCUT2D eigenvalue weighted by molar-refractivity contribution is -0.143. The monoisotopic (exact) mass is 213 g/mol. The lowest BCUT2D eigenvalue weighted by Gasteiger charge is -2.31. The average Bonchev–Trinajstić information content (AvgIpc) is 3.00. The summed E-state index contributed by atoms with van der Waals surface area (Å²) in [7, 11) is 0. The van der Waals surface area contributed by atoms with Crippen LogP contribution < -0.4 is 0 Å². The highest BCUT2D eigenvalue weighted by Gasteiger charge is 2.35. The molecule has 0 spiro atoms. The predicted molar refractivity (Wildman–Crippen MR) is 60.9 cm³/mol. The molecule has 15 heavy (non-hydrogen) atoms. The van der Waals surface area contributed by atoms with Crippen LogP contribution in [0.15, 0.2) is 0 Å². The van der Waals surface area contributed by atoms with Crippen molar-refractivity contribution in [3.05, 3.63) is 0 Å². The summed E-state index contributed by atoms with van der Waals surface area (Å²) in [6.45, 7) is 7.09. The Kier molecular flexibility index (Phi) is 4.58. The highest BCUT2D eigenvalue weighted by molar-refractivity contribution is 5.70. The highest BCUT2D eigenvalue weighted by Crippen LogP contribution is 2.30. The predicted octanol–water partition coefficient (Wildman–Crippen LogP) is 2.36. The van der Waals surface area contributed by atoms with Crippen molar-refractivity contribution in [2.45, 2.75) is 58.5 Å². The van der Waals surface area contributed by atoms with E-state index >= 15 is 0 Å². The van der Waals surface area contributed by atoms with Crippen molar-refractivity contribution in [2.24, 2.45) is 5.92 Å². The van der Waals surface area contributed by atoms with Crippen molar-refractivity contribution in [1.29, 1.82) is 0 Å². The molecule has 0 heterocycles. The molecule has 2 atom stereocenters. The normalized spacial score (nSPS) is 20.3. The lowest BCUT2D eigenvalue weighted by Crippen LogP contribution is -2.42. The summed E-state index contributed by atoms with van der Waals surface area (Å²) >= 11 is 0. The van der Waals surface area contributed by atoms with E-state index in [1.807, 2.05) is 13.8 Å². The summed E-state index contributed by atoms with van der Waals surface area (Å²) in [5, 5.41) is 9.00. The fraction of sp³-hybridized carbons (Fsp3) is 0.917. The van der Waals surface area contributed by atoms with E-state index in [4.69, 9.17) is 5.11 Å². The first-order valence-corrected chi connectivity index (χ1v) is 6.06. The van der Waals surface area contributed by atoms with Gasteiger partial charge in [0.15, 0.2) is 0 Å². The number of rotatable bonds is 7. The molecular formula is C12H23NO2. The molecule has 1 aliphatic rings. The van der Waals surface area contributed by atoms with E-state index in [0.717, 1.165) is 6.54 Å². The van der Waals surface area contributed by atoms with Crippen LogP contribution in [0.4, 0.5) is 0 Å². The van der Waals surface area contributed by atoms with Gasteiger partial charge in [0.25, 0.3) is 0 Å². The average molecular weight is 213 g/mol. The number of hydrogen-bond acceptors (Lipinski definition) is 2. The zero-order valence-corrected chi connectivity index (χ0v) is 10.1. The minimum atomic E-state index is -0.676. The first-order chi connectivity index (χ1) is 7.07. The standard InChI is InChI=1S/C12H23NO2/c1-4-5-8-13(11-6-7-11)10(3)9(2)12(14)15/h9-11H,4-8H2,1-3H3,(H,14,15). The van der Waals surface area contributed by atoms with E-state index in [2.05, 4.69) is 11.8 Å². The van der Waals surface area contributed by atoms with Crippen LogP contribution in [0.25, 0.3) is 0 Å². The lowest BCUT2D eigenvalue weighted by atomic mass is 10.0. The summed E-state index contributed by atoms with van der Waals surface area (Å²) in [4.78, 5) is 13.3. The Morgan fingerprint density at radius 2 is 2.07 bits per heavy atom. The first kappa shape index (κ1) is 12.5. The quantitative estimate of drug-likeness (QED) is 0.705. The van der Waals surface area contributed by atoms with E-state index in [0.29, 0.717) is 6.04 Å². The van der Waals surface area contributed by atoms with Crippen LogP contribution in [0.3, 0.4) is 0 Å². The molecule has 1 rings (SSSR count). The van der Waals surface area contributed by atoms with Crippen molar-refractivity contribution in [1.82, 2.24) is 4.90 Å². The van der Waals surface area contributed by atoms with Gasteiger partial charge in [-0.15, -0.1) is 0 Å². The minimum Gasteiger partial charge on any atom is -0.481 e. The number of carbonyl (C=O) groups is 1. The molecular weight excluding hydrogens is 190 g/mol. The third kappa shape index (κ3) is 3.49. The Bertz CT molecular complexity index is 214. The molecule has 0 saturated heterocycles.